The predicted octanol–water partition coefficient (Wildman–Crippen LogP) is 2.87. The third-order valence-electron chi connectivity index (χ3n) is 6.11. The first-order valence-electron chi connectivity index (χ1n) is 10.8. The second kappa shape index (κ2) is 9.16. The normalized spacial score (nSPS) is 20.3. The highest BCUT2D eigenvalue weighted by atomic mass is 19.1. The lowest BCUT2D eigenvalue weighted by atomic mass is 10.1. The highest BCUT2D eigenvalue weighted by molar-refractivity contribution is 6.03. The number of amides is 2. The summed E-state index contributed by atoms with van der Waals surface area (Å²) in [5.74, 6) is -1.39. The van der Waals surface area contributed by atoms with Crippen molar-refractivity contribution in [3.05, 3.63) is 59.4 Å². The van der Waals surface area contributed by atoms with E-state index in [9.17, 15) is 14.0 Å². The lowest BCUT2D eigenvalue weighted by Gasteiger charge is -2.32. The minimum atomic E-state index is -0.502. The fourth-order valence-corrected chi connectivity index (χ4v) is 4.15. The van der Waals surface area contributed by atoms with Gasteiger partial charge in [0.2, 0.25) is 11.8 Å². The zero-order valence-corrected chi connectivity index (χ0v) is 18.1. The van der Waals surface area contributed by atoms with E-state index in [1.54, 1.807) is 19.1 Å². The minimum absolute atomic E-state index is 0.0840. The van der Waals surface area contributed by atoms with Gasteiger partial charge in [-0.05, 0) is 49.4 Å². The molecule has 0 bridgehead atoms. The molecule has 2 aliphatic rings. The molecule has 6 nitrogen and oxygen atoms in total. The average Bonchev–Trinajstić information content (AvgIpc) is 3.13. The van der Waals surface area contributed by atoms with Crippen molar-refractivity contribution in [3.63, 3.8) is 0 Å². The van der Waals surface area contributed by atoms with Crippen LogP contribution in [0.2, 0.25) is 0 Å². The molecule has 7 heteroatoms. The lowest BCUT2D eigenvalue weighted by Crippen LogP contribution is -2.43. The maximum atomic E-state index is 14.3. The molecule has 2 aromatic carbocycles. The van der Waals surface area contributed by atoms with Crippen LogP contribution in [0.15, 0.2) is 42.5 Å². The fraction of sp³-hybridized carbons (Fsp3) is 0.417. The molecule has 0 saturated carbocycles. The number of halogens is 1. The molecule has 2 aromatic rings. The second-order valence-corrected chi connectivity index (χ2v) is 8.63. The molecule has 2 saturated heterocycles. The number of nitrogens with zero attached hydrogens (tertiary/aromatic N) is 3. The minimum Gasteiger partial charge on any atom is -0.326 e. The molecule has 2 aliphatic heterocycles. The Morgan fingerprint density at radius 3 is 2.48 bits per heavy atom. The summed E-state index contributed by atoms with van der Waals surface area (Å²) >= 11 is 0. The van der Waals surface area contributed by atoms with E-state index in [1.807, 2.05) is 24.3 Å². The topological polar surface area (TPSA) is 55.9 Å². The van der Waals surface area contributed by atoms with Crippen LogP contribution in [-0.4, -0.2) is 61.4 Å². The summed E-state index contributed by atoms with van der Waals surface area (Å²) < 4.78 is 14.3. The largest absolute Gasteiger partial charge is 0.326 e. The van der Waals surface area contributed by atoms with E-state index in [-0.39, 0.29) is 30.5 Å². The predicted molar refractivity (Wildman–Crippen MR) is 119 cm³/mol. The van der Waals surface area contributed by atoms with Gasteiger partial charge in [0, 0.05) is 51.4 Å². The Hall–Kier alpha value is -2.77. The molecule has 0 radical (unpaired) electrons. The molecule has 164 valence electrons. The van der Waals surface area contributed by atoms with Gasteiger partial charge in [0.25, 0.3) is 0 Å². The Morgan fingerprint density at radius 1 is 1.10 bits per heavy atom. The van der Waals surface area contributed by atoms with E-state index < -0.39 is 11.7 Å². The number of nitrogens with one attached hydrogen (secondary N) is 1. The van der Waals surface area contributed by atoms with Gasteiger partial charge in [-0.3, -0.25) is 14.5 Å². The fourth-order valence-electron chi connectivity index (χ4n) is 4.15. The highest BCUT2D eigenvalue weighted by Gasteiger charge is 2.36. The number of hydrogen-bond donors (Lipinski definition) is 1. The van der Waals surface area contributed by atoms with E-state index in [0.717, 1.165) is 38.3 Å². The number of anilines is 2. The van der Waals surface area contributed by atoms with Crippen molar-refractivity contribution in [3.8, 4) is 0 Å². The average molecular weight is 425 g/mol. The number of carbonyl (C=O) groups is 2. The Bertz CT molecular complexity index is 955. The molecule has 4 rings (SSSR count). The number of benzene rings is 2. The van der Waals surface area contributed by atoms with Crippen molar-refractivity contribution < 1.29 is 14.0 Å². The molecule has 1 N–H and O–H groups in total. The smallest absolute Gasteiger partial charge is 0.229 e. The molecular weight excluding hydrogens is 395 g/mol. The van der Waals surface area contributed by atoms with Gasteiger partial charge >= 0.3 is 0 Å². The van der Waals surface area contributed by atoms with Gasteiger partial charge in [-0.2, -0.15) is 0 Å². The first-order chi connectivity index (χ1) is 14.9. The van der Waals surface area contributed by atoms with Crippen molar-refractivity contribution >= 4 is 23.2 Å². The first-order valence-corrected chi connectivity index (χ1v) is 10.8. The van der Waals surface area contributed by atoms with Crippen molar-refractivity contribution in [1.29, 1.82) is 0 Å². The van der Waals surface area contributed by atoms with Gasteiger partial charge in [-0.25, -0.2) is 4.39 Å². The van der Waals surface area contributed by atoms with Crippen molar-refractivity contribution in [2.24, 2.45) is 5.92 Å². The van der Waals surface area contributed by atoms with Crippen LogP contribution < -0.4 is 10.2 Å². The Balaban J connectivity index is 1.33. The third kappa shape index (κ3) is 5.11. The molecule has 31 heavy (non-hydrogen) atoms. The Labute approximate surface area is 182 Å². The molecule has 0 aliphatic carbocycles. The van der Waals surface area contributed by atoms with E-state index in [4.69, 9.17) is 0 Å². The van der Waals surface area contributed by atoms with Gasteiger partial charge in [-0.1, -0.05) is 18.2 Å². The Morgan fingerprint density at radius 2 is 1.81 bits per heavy atom. The molecule has 0 aromatic heterocycles. The van der Waals surface area contributed by atoms with Gasteiger partial charge in [0.15, 0.2) is 0 Å². The summed E-state index contributed by atoms with van der Waals surface area (Å²) in [5.41, 5.74) is 2.94. The van der Waals surface area contributed by atoms with E-state index >= 15 is 0 Å². The molecule has 2 amide bonds. The van der Waals surface area contributed by atoms with E-state index in [2.05, 4.69) is 22.2 Å². The number of hydrogen-bond acceptors (Lipinski definition) is 4. The van der Waals surface area contributed by atoms with Gasteiger partial charge in [-0.15, -0.1) is 0 Å². The van der Waals surface area contributed by atoms with Crippen molar-refractivity contribution in [2.45, 2.75) is 19.9 Å². The van der Waals surface area contributed by atoms with E-state index in [1.165, 1.54) is 16.5 Å². The lowest BCUT2D eigenvalue weighted by molar-refractivity contribution is -0.122. The number of aryl methyl sites for hydroxylation is 1. The van der Waals surface area contributed by atoms with Gasteiger partial charge < -0.3 is 15.1 Å². The monoisotopic (exact) mass is 424 g/mol. The maximum Gasteiger partial charge on any atom is 0.229 e. The third-order valence-corrected chi connectivity index (χ3v) is 6.11. The van der Waals surface area contributed by atoms with Crippen LogP contribution in [0.3, 0.4) is 0 Å². The summed E-state index contributed by atoms with van der Waals surface area (Å²) in [4.78, 5) is 31.2. The number of piperazine rings is 1. The van der Waals surface area contributed by atoms with E-state index in [0.29, 0.717) is 5.69 Å². The zero-order chi connectivity index (χ0) is 22.0. The van der Waals surface area contributed by atoms with Crippen LogP contribution in [0.4, 0.5) is 15.8 Å². The molecule has 1 atom stereocenters. The number of rotatable bonds is 5. The molecule has 2 heterocycles. The first kappa shape index (κ1) is 21.5. The summed E-state index contributed by atoms with van der Waals surface area (Å²) in [6.45, 7) is 7.16. The molecular formula is C24H29FN4O2. The zero-order valence-electron chi connectivity index (χ0n) is 18.1. The summed E-state index contributed by atoms with van der Waals surface area (Å²) in [5, 5.41) is 2.90. The summed E-state index contributed by atoms with van der Waals surface area (Å²) in [6, 6.07) is 12.6. The highest BCUT2D eigenvalue weighted by Crippen LogP contribution is 2.28. The van der Waals surface area contributed by atoms with Gasteiger partial charge in [0.05, 0.1) is 11.6 Å². The van der Waals surface area contributed by atoms with Crippen LogP contribution in [0, 0.1) is 18.7 Å². The molecule has 2 fully saturated rings. The van der Waals surface area contributed by atoms with Crippen molar-refractivity contribution in [1.82, 2.24) is 9.80 Å². The maximum absolute atomic E-state index is 14.3. The number of carbonyl (C=O) groups excluding carboxylic acids is 2. The standard InChI is InChI=1S/C24H29FN4O2/c1-17-3-8-22(21(25)13-17)29-16-19(14-23(29)30)24(31)26-20-6-4-18(5-7-20)15-28-11-9-27(2)10-12-28/h3-8,13,19H,9-12,14-16H2,1-2H3,(H,26,31). The van der Waals surface area contributed by atoms with Crippen LogP contribution >= 0.6 is 0 Å². The van der Waals surface area contributed by atoms with Crippen LogP contribution in [0.1, 0.15) is 17.5 Å². The number of likely N-dealkylation sites (N-methyl/N-ethyl adjacent to an activating group) is 1. The summed E-state index contributed by atoms with van der Waals surface area (Å²) in [6.07, 6.45) is 0.0840. The quantitative estimate of drug-likeness (QED) is 0.802. The van der Waals surface area contributed by atoms with Crippen molar-refractivity contribution in [2.75, 3.05) is 50.0 Å². The van der Waals surface area contributed by atoms with Crippen LogP contribution in [-0.2, 0) is 16.1 Å². The SMILES string of the molecule is Cc1ccc(N2CC(C(=O)Nc3ccc(CN4CCN(C)CC4)cc3)CC2=O)c(F)c1. The molecule has 0 spiro atoms. The second-order valence-electron chi connectivity index (χ2n) is 8.63. The van der Waals surface area contributed by atoms with Crippen LogP contribution in [0.25, 0.3) is 0 Å². The van der Waals surface area contributed by atoms with Gasteiger partial charge in [0.1, 0.15) is 5.82 Å². The molecule has 1 unspecified atom stereocenters. The van der Waals surface area contributed by atoms with Crippen LogP contribution in [0.5, 0.6) is 0 Å². The Kier molecular flexibility index (Phi) is 6.34. The summed E-state index contributed by atoms with van der Waals surface area (Å²) in [7, 11) is 2.14.